The minimum atomic E-state index is 0.455. The van der Waals surface area contributed by atoms with Crippen molar-refractivity contribution in [1.82, 2.24) is 24.4 Å². The van der Waals surface area contributed by atoms with Crippen molar-refractivity contribution in [3.63, 3.8) is 0 Å². The second kappa shape index (κ2) is 12.3. The average molecular weight is 582 g/mol. The van der Waals surface area contributed by atoms with E-state index in [1.165, 1.54) is 17.3 Å². The molecule has 6 rings (SSSR count). The van der Waals surface area contributed by atoms with Crippen LogP contribution in [0.2, 0.25) is 5.02 Å². The number of ether oxygens (including phenoxy) is 1. The molecule has 10 heteroatoms. The maximum absolute atomic E-state index is 9.87. The van der Waals surface area contributed by atoms with Gasteiger partial charge in [0.25, 0.3) is 0 Å². The normalized spacial score (nSPS) is 13.8. The molecule has 0 aliphatic carbocycles. The molecule has 41 heavy (non-hydrogen) atoms. The van der Waals surface area contributed by atoms with Crippen LogP contribution in [0.1, 0.15) is 11.1 Å². The van der Waals surface area contributed by atoms with Gasteiger partial charge in [-0.05, 0) is 48.4 Å². The van der Waals surface area contributed by atoms with Gasteiger partial charge in [-0.15, -0.1) is 0 Å². The zero-order chi connectivity index (χ0) is 28.2. The van der Waals surface area contributed by atoms with Crippen LogP contribution in [0.25, 0.3) is 22.2 Å². The molecular formula is C31H28ClN7OS. The van der Waals surface area contributed by atoms with E-state index in [0.717, 1.165) is 77.2 Å². The third-order valence-electron chi connectivity index (χ3n) is 7.13. The topological polar surface area (TPSA) is 91.9 Å². The standard InChI is InChI=1S/C31H28ClN7OS/c1-38-12-10-35-31(38)41-28-7-5-24(18-26(28)32)37-30-23(19-33)20-36-27-17-22(4-6-25(27)30)29-21(3-2-9-34-29)8-11-39-13-15-40-16-14-39/h2-7,9-10,12,17-18,20H,8,11,13-16H2,1H3,(H,36,37). The lowest BCUT2D eigenvalue weighted by Gasteiger charge is -2.26. The Morgan fingerprint density at radius 2 is 1.95 bits per heavy atom. The van der Waals surface area contributed by atoms with Gasteiger partial charge in [0.2, 0.25) is 0 Å². The molecule has 0 saturated carbocycles. The molecule has 1 aliphatic heterocycles. The third-order valence-corrected chi connectivity index (χ3v) is 8.71. The van der Waals surface area contributed by atoms with Gasteiger partial charge in [-0.2, -0.15) is 5.26 Å². The lowest BCUT2D eigenvalue weighted by molar-refractivity contribution is 0.0384. The Morgan fingerprint density at radius 1 is 1.07 bits per heavy atom. The van der Waals surface area contributed by atoms with Crippen molar-refractivity contribution in [3.05, 3.63) is 89.5 Å². The van der Waals surface area contributed by atoms with Gasteiger partial charge in [-0.1, -0.05) is 35.5 Å². The summed E-state index contributed by atoms with van der Waals surface area (Å²) < 4.78 is 7.43. The summed E-state index contributed by atoms with van der Waals surface area (Å²) in [6.45, 7) is 4.47. The first-order valence-corrected chi connectivity index (χ1v) is 14.6. The first-order valence-electron chi connectivity index (χ1n) is 13.4. The zero-order valence-electron chi connectivity index (χ0n) is 22.5. The SMILES string of the molecule is Cn1ccnc1Sc1ccc(Nc2c(C#N)cnc3cc(-c4ncccc4CCN4CCOCC4)ccc23)cc1Cl. The maximum atomic E-state index is 9.87. The van der Waals surface area contributed by atoms with Gasteiger partial charge >= 0.3 is 0 Å². The van der Waals surface area contributed by atoms with E-state index in [1.54, 1.807) is 12.4 Å². The summed E-state index contributed by atoms with van der Waals surface area (Å²) in [4.78, 5) is 17.0. The molecule has 1 saturated heterocycles. The van der Waals surface area contributed by atoms with Gasteiger partial charge in [0, 0.05) is 73.0 Å². The first-order chi connectivity index (χ1) is 20.1. The first kappa shape index (κ1) is 27.2. The van der Waals surface area contributed by atoms with Gasteiger partial charge in [0.15, 0.2) is 5.16 Å². The predicted molar refractivity (Wildman–Crippen MR) is 163 cm³/mol. The number of morpholine rings is 1. The van der Waals surface area contributed by atoms with Crippen molar-refractivity contribution in [2.24, 2.45) is 7.05 Å². The Labute approximate surface area is 248 Å². The lowest BCUT2D eigenvalue weighted by atomic mass is 10.0. The maximum Gasteiger partial charge on any atom is 0.172 e. The molecular weight excluding hydrogens is 554 g/mol. The van der Waals surface area contributed by atoms with E-state index >= 15 is 0 Å². The van der Waals surface area contributed by atoms with E-state index in [9.17, 15) is 5.26 Å². The highest BCUT2D eigenvalue weighted by Crippen LogP contribution is 2.36. The summed E-state index contributed by atoms with van der Waals surface area (Å²) in [5, 5.41) is 15.6. The van der Waals surface area contributed by atoms with Gasteiger partial charge < -0.3 is 14.6 Å². The third kappa shape index (κ3) is 6.06. The molecule has 1 aliphatic rings. The van der Waals surface area contributed by atoms with E-state index in [2.05, 4.69) is 38.4 Å². The van der Waals surface area contributed by atoms with Crippen LogP contribution in [0, 0.1) is 11.3 Å². The van der Waals surface area contributed by atoms with Crippen molar-refractivity contribution >= 4 is 45.6 Å². The van der Waals surface area contributed by atoms with Gasteiger partial charge in [0.05, 0.1) is 40.7 Å². The van der Waals surface area contributed by atoms with Crippen LogP contribution in [0.3, 0.4) is 0 Å². The average Bonchev–Trinajstić information content (AvgIpc) is 3.42. The monoisotopic (exact) mass is 581 g/mol. The highest BCUT2D eigenvalue weighted by atomic mass is 35.5. The van der Waals surface area contributed by atoms with Crippen LogP contribution < -0.4 is 5.32 Å². The number of benzene rings is 2. The van der Waals surface area contributed by atoms with Gasteiger partial charge in [-0.3, -0.25) is 14.9 Å². The van der Waals surface area contributed by atoms with Crippen molar-refractivity contribution in [3.8, 4) is 17.3 Å². The van der Waals surface area contributed by atoms with E-state index in [-0.39, 0.29) is 0 Å². The van der Waals surface area contributed by atoms with Crippen molar-refractivity contribution in [1.29, 1.82) is 5.26 Å². The molecule has 1 N–H and O–H groups in total. The second-order valence-electron chi connectivity index (χ2n) is 9.80. The smallest absolute Gasteiger partial charge is 0.172 e. The highest BCUT2D eigenvalue weighted by molar-refractivity contribution is 7.99. The summed E-state index contributed by atoms with van der Waals surface area (Å²) in [6, 6.07) is 18.3. The number of hydrogen-bond donors (Lipinski definition) is 1. The Kier molecular flexibility index (Phi) is 8.16. The summed E-state index contributed by atoms with van der Waals surface area (Å²) in [5.74, 6) is 0. The van der Waals surface area contributed by atoms with Crippen LogP contribution in [-0.2, 0) is 18.2 Å². The predicted octanol–water partition coefficient (Wildman–Crippen LogP) is 6.32. The fourth-order valence-electron chi connectivity index (χ4n) is 4.92. The van der Waals surface area contributed by atoms with Crippen molar-refractivity contribution in [2.75, 3.05) is 38.2 Å². The van der Waals surface area contributed by atoms with Crippen molar-refractivity contribution in [2.45, 2.75) is 16.5 Å². The molecule has 0 amide bonds. The molecule has 0 atom stereocenters. The van der Waals surface area contributed by atoms with E-state index in [0.29, 0.717) is 16.3 Å². The van der Waals surface area contributed by atoms with Gasteiger partial charge in [-0.25, -0.2) is 4.98 Å². The summed E-state index contributed by atoms with van der Waals surface area (Å²) in [7, 11) is 1.95. The van der Waals surface area contributed by atoms with Crippen molar-refractivity contribution < 1.29 is 4.74 Å². The Bertz CT molecular complexity index is 1740. The molecule has 0 spiro atoms. The Balaban J connectivity index is 1.27. The quantitative estimate of drug-likeness (QED) is 0.227. The Morgan fingerprint density at radius 3 is 2.73 bits per heavy atom. The molecule has 0 radical (unpaired) electrons. The number of anilines is 2. The van der Waals surface area contributed by atoms with Crippen LogP contribution >= 0.6 is 23.4 Å². The number of aromatic nitrogens is 4. The number of imidazole rings is 1. The van der Waals surface area contributed by atoms with Crippen LogP contribution in [-0.4, -0.2) is 57.3 Å². The van der Waals surface area contributed by atoms with E-state index < -0.39 is 0 Å². The summed E-state index contributed by atoms with van der Waals surface area (Å²) >= 11 is 8.14. The summed E-state index contributed by atoms with van der Waals surface area (Å²) in [6.07, 6.45) is 8.00. The molecule has 3 aromatic heterocycles. The lowest BCUT2D eigenvalue weighted by Crippen LogP contribution is -2.37. The molecule has 5 aromatic rings. The minimum absolute atomic E-state index is 0.455. The number of halogens is 1. The largest absolute Gasteiger partial charge is 0.379 e. The van der Waals surface area contributed by atoms with Crippen LogP contribution in [0.5, 0.6) is 0 Å². The Hall–Kier alpha value is -3.94. The molecule has 1 fully saturated rings. The fraction of sp³-hybridized carbons (Fsp3) is 0.226. The van der Waals surface area contributed by atoms with E-state index in [4.69, 9.17) is 21.3 Å². The molecule has 0 unspecified atom stereocenters. The zero-order valence-corrected chi connectivity index (χ0v) is 24.1. The molecule has 8 nitrogen and oxygen atoms in total. The number of nitrogens with one attached hydrogen (secondary N) is 1. The van der Waals surface area contributed by atoms with Gasteiger partial charge in [0.1, 0.15) is 6.07 Å². The summed E-state index contributed by atoms with van der Waals surface area (Å²) in [5.41, 5.74) is 5.86. The van der Waals surface area contributed by atoms with Crippen LogP contribution in [0.4, 0.5) is 11.4 Å². The second-order valence-corrected chi connectivity index (χ2v) is 11.2. The molecule has 4 heterocycles. The molecule has 2 aromatic carbocycles. The highest BCUT2D eigenvalue weighted by Gasteiger charge is 2.16. The van der Waals surface area contributed by atoms with E-state index in [1.807, 2.05) is 60.4 Å². The number of pyridine rings is 2. The van der Waals surface area contributed by atoms with Crippen LogP contribution in [0.15, 0.2) is 83.4 Å². The number of nitrogens with zero attached hydrogens (tertiary/aromatic N) is 6. The number of fused-ring (bicyclic) bond motifs is 1. The number of aryl methyl sites for hydroxylation is 1. The minimum Gasteiger partial charge on any atom is -0.379 e. The number of hydrogen-bond acceptors (Lipinski definition) is 8. The number of nitriles is 1. The molecule has 0 bridgehead atoms. The fourth-order valence-corrected chi connectivity index (χ4v) is 6.02. The molecule has 206 valence electrons. The number of rotatable bonds is 8.